The molecule has 0 aliphatic rings. The summed E-state index contributed by atoms with van der Waals surface area (Å²) in [7, 11) is 0. The fourth-order valence-electron chi connectivity index (χ4n) is 2.54. The van der Waals surface area contributed by atoms with Crippen molar-refractivity contribution >= 4 is 44.3 Å². The Morgan fingerprint density at radius 1 is 1.36 bits per heavy atom. The normalized spacial score (nSPS) is 10.8. The summed E-state index contributed by atoms with van der Waals surface area (Å²) in [5, 5.41) is 14.5. The monoisotopic (exact) mass is 350 g/mol. The fraction of sp³-hybridized carbons (Fsp3) is 0.0588. The number of carbonyl (C=O) groups excluding carboxylic acids is 1. The van der Waals surface area contributed by atoms with Crippen molar-refractivity contribution in [3.8, 4) is 6.07 Å². The number of carbonyl (C=O) groups is 1. The molecule has 0 spiro atoms. The van der Waals surface area contributed by atoms with Crippen LogP contribution in [0.3, 0.4) is 0 Å². The Morgan fingerprint density at radius 2 is 2.20 bits per heavy atom. The minimum Gasteiger partial charge on any atom is -0.448 e. The largest absolute Gasteiger partial charge is 0.448 e. The molecule has 1 aromatic carbocycles. The SMILES string of the molecule is N#Cc1ccsc1NC(=O)Cn1cnc2c(oc3ccccc32)c1=O. The third-order valence-electron chi connectivity index (χ3n) is 3.70. The molecule has 3 aromatic heterocycles. The van der Waals surface area contributed by atoms with Crippen molar-refractivity contribution in [1.82, 2.24) is 9.55 Å². The van der Waals surface area contributed by atoms with Crippen LogP contribution in [0.2, 0.25) is 0 Å². The minimum absolute atomic E-state index is 0.116. The molecule has 8 heteroatoms. The van der Waals surface area contributed by atoms with Gasteiger partial charge < -0.3 is 9.73 Å². The van der Waals surface area contributed by atoms with Crippen LogP contribution in [0.4, 0.5) is 5.00 Å². The molecule has 0 aliphatic carbocycles. The average molecular weight is 350 g/mol. The standard InChI is InChI=1S/C17H10N4O3S/c18-7-10-5-6-25-16(10)20-13(22)8-21-9-19-14-11-3-1-2-4-12(11)24-15(14)17(21)23/h1-6,9H,8H2,(H,20,22). The Bertz CT molecular complexity index is 1210. The van der Waals surface area contributed by atoms with Crippen LogP contribution in [0.25, 0.3) is 22.1 Å². The molecule has 0 saturated carbocycles. The summed E-state index contributed by atoms with van der Waals surface area (Å²) >= 11 is 1.25. The van der Waals surface area contributed by atoms with Crippen LogP contribution in [0.1, 0.15) is 5.56 Å². The van der Waals surface area contributed by atoms with Crippen LogP contribution < -0.4 is 10.9 Å². The third-order valence-corrected chi connectivity index (χ3v) is 4.53. The summed E-state index contributed by atoms with van der Waals surface area (Å²) < 4.78 is 6.76. The number of para-hydroxylation sites is 1. The lowest BCUT2D eigenvalue weighted by molar-refractivity contribution is -0.116. The Balaban J connectivity index is 1.67. The predicted octanol–water partition coefficient (Wildman–Crippen LogP) is 2.71. The lowest BCUT2D eigenvalue weighted by Gasteiger charge is -2.05. The molecule has 122 valence electrons. The van der Waals surface area contributed by atoms with Crippen molar-refractivity contribution in [3.63, 3.8) is 0 Å². The molecular weight excluding hydrogens is 340 g/mol. The average Bonchev–Trinajstić information content (AvgIpc) is 3.21. The molecule has 3 heterocycles. The molecule has 1 N–H and O–H groups in total. The highest BCUT2D eigenvalue weighted by Crippen LogP contribution is 2.24. The molecule has 4 rings (SSSR count). The van der Waals surface area contributed by atoms with Crippen LogP contribution in [0.15, 0.2) is 51.3 Å². The Hall–Kier alpha value is -3.44. The highest BCUT2D eigenvalue weighted by atomic mass is 32.1. The summed E-state index contributed by atoms with van der Waals surface area (Å²) in [4.78, 5) is 29.0. The van der Waals surface area contributed by atoms with E-state index in [0.29, 0.717) is 21.7 Å². The number of amides is 1. The molecule has 4 aromatic rings. The van der Waals surface area contributed by atoms with Gasteiger partial charge in [-0.25, -0.2) is 4.98 Å². The third kappa shape index (κ3) is 2.56. The summed E-state index contributed by atoms with van der Waals surface area (Å²) in [6, 6.07) is 10.8. The molecule has 0 saturated heterocycles. The zero-order valence-corrected chi connectivity index (χ0v) is 13.5. The number of thiophene rings is 1. The van der Waals surface area contributed by atoms with Gasteiger partial charge in [-0.1, -0.05) is 12.1 Å². The van der Waals surface area contributed by atoms with E-state index in [-0.39, 0.29) is 12.1 Å². The van der Waals surface area contributed by atoms with Gasteiger partial charge in [0.25, 0.3) is 5.56 Å². The highest BCUT2D eigenvalue weighted by Gasteiger charge is 2.15. The Labute approximate surface area is 144 Å². The molecule has 0 aliphatic heterocycles. The summed E-state index contributed by atoms with van der Waals surface area (Å²) in [5.74, 6) is -0.418. The lowest BCUT2D eigenvalue weighted by atomic mass is 10.2. The van der Waals surface area contributed by atoms with Gasteiger partial charge in [-0.3, -0.25) is 14.2 Å². The number of nitrogens with zero attached hydrogens (tertiary/aromatic N) is 3. The number of fused-ring (bicyclic) bond motifs is 3. The van der Waals surface area contributed by atoms with Crippen LogP contribution in [-0.2, 0) is 11.3 Å². The first-order chi connectivity index (χ1) is 12.2. The Kier molecular flexibility index (Phi) is 3.56. The van der Waals surface area contributed by atoms with Crippen LogP contribution in [0.5, 0.6) is 0 Å². The van der Waals surface area contributed by atoms with E-state index in [1.54, 1.807) is 17.5 Å². The van der Waals surface area contributed by atoms with Gasteiger partial charge in [-0.05, 0) is 23.6 Å². The zero-order valence-electron chi connectivity index (χ0n) is 12.7. The molecule has 0 atom stereocenters. The second kappa shape index (κ2) is 5.89. The molecule has 1 amide bonds. The van der Waals surface area contributed by atoms with E-state index in [2.05, 4.69) is 10.3 Å². The predicted molar refractivity (Wildman–Crippen MR) is 93.4 cm³/mol. The quantitative estimate of drug-likeness (QED) is 0.612. The maximum atomic E-state index is 12.6. The van der Waals surface area contributed by atoms with Crippen LogP contribution >= 0.6 is 11.3 Å². The van der Waals surface area contributed by atoms with E-state index < -0.39 is 11.5 Å². The van der Waals surface area contributed by atoms with Gasteiger partial charge in [-0.2, -0.15) is 5.26 Å². The number of hydrogen-bond donors (Lipinski definition) is 1. The molecular formula is C17H10N4O3S. The number of aromatic nitrogens is 2. The van der Waals surface area contributed by atoms with E-state index in [9.17, 15) is 9.59 Å². The summed E-state index contributed by atoms with van der Waals surface area (Å²) in [6.45, 7) is -0.221. The maximum Gasteiger partial charge on any atom is 0.297 e. The molecule has 7 nitrogen and oxygen atoms in total. The van der Waals surface area contributed by atoms with Gasteiger partial charge in [0.05, 0.1) is 11.9 Å². The molecule has 0 radical (unpaired) electrons. The van der Waals surface area contributed by atoms with Crippen molar-refractivity contribution < 1.29 is 9.21 Å². The van der Waals surface area contributed by atoms with Gasteiger partial charge in [0.15, 0.2) is 0 Å². The number of nitriles is 1. The lowest BCUT2D eigenvalue weighted by Crippen LogP contribution is -2.27. The molecule has 0 fully saturated rings. The molecule has 0 bridgehead atoms. The zero-order chi connectivity index (χ0) is 17.4. The van der Waals surface area contributed by atoms with Gasteiger partial charge in [0.1, 0.15) is 28.7 Å². The van der Waals surface area contributed by atoms with E-state index in [4.69, 9.17) is 9.68 Å². The maximum absolute atomic E-state index is 12.6. The van der Waals surface area contributed by atoms with Crippen molar-refractivity contribution in [1.29, 1.82) is 5.26 Å². The minimum atomic E-state index is -0.428. The second-order valence-electron chi connectivity index (χ2n) is 5.28. The van der Waals surface area contributed by atoms with E-state index >= 15 is 0 Å². The van der Waals surface area contributed by atoms with Gasteiger partial charge >= 0.3 is 0 Å². The van der Waals surface area contributed by atoms with Crippen LogP contribution in [-0.4, -0.2) is 15.5 Å². The molecule has 25 heavy (non-hydrogen) atoms. The van der Waals surface area contributed by atoms with Gasteiger partial charge in [-0.15, -0.1) is 11.3 Å². The number of anilines is 1. The summed E-state index contributed by atoms with van der Waals surface area (Å²) in [5.41, 5.74) is 1.12. The fourth-order valence-corrected chi connectivity index (χ4v) is 3.30. The number of benzene rings is 1. The summed E-state index contributed by atoms with van der Waals surface area (Å²) in [6.07, 6.45) is 1.33. The van der Waals surface area contributed by atoms with E-state index in [1.165, 1.54) is 22.2 Å². The Morgan fingerprint density at radius 3 is 3.04 bits per heavy atom. The van der Waals surface area contributed by atoms with E-state index in [0.717, 1.165) is 5.39 Å². The van der Waals surface area contributed by atoms with E-state index in [1.807, 2.05) is 24.3 Å². The van der Waals surface area contributed by atoms with Crippen molar-refractivity contribution in [3.05, 3.63) is 58.0 Å². The van der Waals surface area contributed by atoms with Crippen molar-refractivity contribution in [2.45, 2.75) is 6.54 Å². The first kappa shape index (κ1) is 15.1. The number of furan rings is 1. The number of hydrogen-bond acceptors (Lipinski definition) is 6. The highest BCUT2D eigenvalue weighted by molar-refractivity contribution is 7.14. The second-order valence-corrected chi connectivity index (χ2v) is 6.19. The number of rotatable bonds is 3. The smallest absolute Gasteiger partial charge is 0.297 e. The van der Waals surface area contributed by atoms with Crippen molar-refractivity contribution in [2.24, 2.45) is 0 Å². The van der Waals surface area contributed by atoms with Crippen LogP contribution in [0, 0.1) is 11.3 Å². The first-order valence-corrected chi connectivity index (χ1v) is 8.19. The van der Waals surface area contributed by atoms with Gasteiger partial charge in [0.2, 0.25) is 11.5 Å². The first-order valence-electron chi connectivity index (χ1n) is 7.31. The number of nitrogens with one attached hydrogen (secondary N) is 1. The topological polar surface area (TPSA) is 101 Å². The van der Waals surface area contributed by atoms with Gasteiger partial charge in [0, 0.05) is 5.39 Å². The van der Waals surface area contributed by atoms with Crippen molar-refractivity contribution in [2.75, 3.05) is 5.32 Å². The molecule has 0 unspecified atom stereocenters.